The highest BCUT2D eigenvalue weighted by molar-refractivity contribution is 6.34. The highest BCUT2D eigenvalue weighted by Crippen LogP contribution is 2.22. The van der Waals surface area contributed by atoms with E-state index >= 15 is 0 Å². The second-order valence-electron chi connectivity index (χ2n) is 4.87. The van der Waals surface area contributed by atoms with Gasteiger partial charge in [-0.1, -0.05) is 23.7 Å². The number of hydrogen-bond donors (Lipinski definition) is 0. The molecule has 0 spiro atoms. The Balaban J connectivity index is 1.73. The van der Waals surface area contributed by atoms with Crippen molar-refractivity contribution in [2.24, 2.45) is 0 Å². The zero-order valence-corrected chi connectivity index (χ0v) is 11.4. The summed E-state index contributed by atoms with van der Waals surface area (Å²) < 4.78 is 1.83. The van der Waals surface area contributed by atoms with Gasteiger partial charge in [0.1, 0.15) is 0 Å². The van der Waals surface area contributed by atoms with Crippen molar-refractivity contribution >= 4 is 28.4 Å². The van der Waals surface area contributed by atoms with Crippen LogP contribution in [0.15, 0.2) is 24.3 Å². The van der Waals surface area contributed by atoms with E-state index in [1.807, 2.05) is 33.8 Å². The summed E-state index contributed by atoms with van der Waals surface area (Å²) in [5, 5.41) is 5.75. The largest absolute Gasteiger partial charge is 0.343 e. The van der Waals surface area contributed by atoms with Crippen LogP contribution in [0.2, 0.25) is 5.15 Å². The Morgan fingerprint density at radius 3 is 2.79 bits per heavy atom. The summed E-state index contributed by atoms with van der Waals surface area (Å²) in [4.78, 5) is 14.0. The molecule has 0 unspecified atom stereocenters. The van der Waals surface area contributed by atoms with Gasteiger partial charge in [0.25, 0.3) is 0 Å². The molecule has 1 amide bonds. The van der Waals surface area contributed by atoms with Crippen LogP contribution in [0, 0.1) is 0 Å². The third-order valence-corrected chi connectivity index (χ3v) is 3.89. The quantitative estimate of drug-likeness (QED) is 0.865. The van der Waals surface area contributed by atoms with Crippen LogP contribution in [0.5, 0.6) is 0 Å². The molecule has 0 radical (unpaired) electrons. The Morgan fingerprint density at radius 2 is 2.00 bits per heavy atom. The minimum Gasteiger partial charge on any atom is -0.343 e. The normalized spacial score (nSPS) is 15.3. The molecule has 2 heterocycles. The van der Waals surface area contributed by atoms with Crippen LogP contribution >= 0.6 is 11.6 Å². The van der Waals surface area contributed by atoms with E-state index in [0.717, 1.165) is 36.8 Å². The maximum Gasteiger partial charge on any atom is 0.224 e. The maximum absolute atomic E-state index is 12.0. The van der Waals surface area contributed by atoms with Crippen LogP contribution in [0.25, 0.3) is 10.9 Å². The molecule has 1 aliphatic heterocycles. The third kappa shape index (κ3) is 2.45. The lowest BCUT2D eigenvalue weighted by atomic mass is 10.2. The van der Waals surface area contributed by atoms with Gasteiger partial charge in [-0.25, -0.2) is 0 Å². The molecule has 0 saturated carbocycles. The molecular formula is C14H16ClN3O. The van der Waals surface area contributed by atoms with E-state index in [2.05, 4.69) is 5.10 Å². The van der Waals surface area contributed by atoms with Crippen molar-refractivity contribution in [3.05, 3.63) is 29.4 Å². The van der Waals surface area contributed by atoms with Gasteiger partial charge in [0, 0.05) is 24.9 Å². The number of aromatic nitrogens is 2. The average molecular weight is 278 g/mol. The van der Waals surface area contributed by atoms with Gasteiger partial charge in [0.15, 0.2) is 5.15 Å². The van der Waals surface area contributed by atoms with E-state index in [1.165, 1.54) is 0 Å². The molecule has 3 rings (SSSR count). The first-order valence-electron chi connectivity index (χ1n) is 6.64. The fourth-order valence-electron chi connectivity index (χ4n) is 2.58. The van der Waals surface area contributed by atoms with Gasteiger partial charge < -0.3 is 4.90 Å². The molecule has 1 saturated heterocycles. The summed E-state index contributed by atoms with van der Waals surface area (Å²) in [6.07, 6.45) is 2.74. The van der Waals surface area contributed by atoms with Crippen LogP contribution in [-0.4, -0.2) is 33.7 Å². The van der Waals surface area contributed by atoms with Gasteiger partial charge in [-0.2, -0.15) is 5.10 Å². The predicted octanol–water partition coefficient (Wildman–Crippen LogP) is 2.70. The summed E-state index contributed by atoms with van der Waals surface area (Å²) in [5.41, 5.74) is 0.988. The molecule has 5 heteroatoms. The van der Waals surface area contributed by atoms with E-state index in [0.29, 0.717) is 18.1 Å². The second-order valence-corrected chi connectivity index (χ2v) is 5.23. The topological polar surface area (TPSA) is 38.1 Å². The minimum absolute atomic E-state index is 0.216. The number of likely N-dealkylation sites (tertiary alicyclic amines) is 1. The lowest BCUT2D eigenvalue weighted by Crippen LogP contribution is -2.28. The van der Waals surface area contributed by atoms with Crippen molar-refractivity contribution in [2.75, 3.05) is 13.1 Å². The van der Waals surface area contributed by atoms with E-state index in [1.54, 1.807) is 0 Å². The molecule has 4 nitrogen and oxygen atoms in total. The van der Waals surface area contributed by atoms with Crippen molar-refractivity contribution in [2.45, 2.75) is 25.8 Å². The molecule has 1 aromatic heterocycles. The number of benzene rings is 1. The summed E-state index contributed by atoms with van der Waals surface area (Å²) in [6, 6.07) is 7.83. The monoisotopic (exact) mass is 277 g/mol. The molecule has 100 valence electrons. The number of carbonyl (C=O) groups is 1. The number of aryl methyl sites for hydroxylation is 1. The first kappa shape index (κ1) is 12.5. The minimum atomic E-state index is 0.216. The highest BCUT2D eigenvalue weighted by Gasteiger charge is 2.18. The van der Waals surface area contributed by atoms with Crippen LogP contribution in [0.4, 0.5) is 0 Å². The number of hydrogen-bond acceptors (Lipinski definition) is 2. The smallest absolute Gasteiger partial charge is 0.224 e. The number of fused-ring (bicyclic) bond motifs is 1. The Morgan fingerprint density at radius 1 is 1.26 bits per heavy atom. The number of carbonyl (C=O) groups excluding carboxylic acids is 1. The second kappa shape index (κ2) is 5.21. The van der Waals surface area contributed by atoms with E-state index in [9.17, 15) is 4.79 Å². The zero-order chi connectivity index (χ0) is 13.2. The van der Waals surface area contributed by atoms with E-state index in [4.69, 9.17) is 11.6 Å². The fourth-order valence-corrected chi connectivity index (χ4v) is 2.83. The van der Waals surface area contributed by atoms with Crippen LogP contribution in [0.3, 0.4) is 0 Å². The molecule has 19 heavy (non-hydrogen) atoms. The fraction of sp³-hybridized carbons (Fsp3) is 0.429. The summed E-state index contributed by atoms with van der Waals surface area (Å²) in [6.45, 7) is 2.39. The number of halogens is 1. The first-order valence-corrected chi connectivity index (χ1v) is 7.02. The molecule has 2 aromatic rings. The van der Waals surface area contributed by atoms with Crippen LogP contribution < -0.4 is 0 Å². The molecule has 1 fully saturated rings. The van der Waals surface area contributed by atoms with Crippen LogP contribution in [0.1, 0.15) is 19.3 Å². The standard InChI is InChI=1S/C14H16ClN3O/c15-14-11-5-1-2-6-12(11)18(16-14)10-7-13(19)17-8-3-4-9-17/h1-2,5-6H,3-4,7-10H2. The van der Waals surface area contributed by atoms with Crippen molar-refractivity contribution in [1.82, 2.24) is 14.7 Å². The molecule has 0 atom stereocenters. The van der Waals surface area contributed by atoms with Crippen molar-refractivity contribution in [1.29, 1.82) is 0 Å². The third-order valence-electron chi connectivity index (χ3n) is 3.61. The zero-order valence-electron chi connectivity index (χ0n) is 10.7. The number of para-hydroxylation sites is 1. The SMILES string of the molecule is O=C(CCn1nc(Cl)c2ccccc21)N1CCCC1. The molecule has 0 aliphatic carbocycles. The van der Waals surface area contributed by atoms with Crippen molar-refractivity contribution in [3.63, 3.8) is 0 Å². The van der Waals surface area contributed by atoms with Crippen molar-refractivity contribution in [3.8, 4) is 0 Å². The summed E-state index contributed by atoms with van der Waals surface area (Å²) in [7, 11) is 0. The maximum atomic E-state index is 12.0. The highest BCUT2D eigenvalue weighted by atomic mass is 35.5. The number of amides is 1. The van der Waals surface area contributed by atoms with Gasteiger partial charge in [-0.3, -0.25) is 9.48 Å². The Kier molecular flexibility index (Phi) is 3.42. The average Bonchev–Trinajstić information content (AvgIpc) is 3.06. The predicted molar refractivity (Wildman–Crippen MR) is 75.2 cm³/mol. The van der Waals surface area contributed by atoms with Crippen LogP contribution in [-0.2, 0) is 11.3 Å². The lowest BCUT2D eigenvalue weighted by molar-refractivity contribution is -0.130. The lowest BCUT2D eigenvalue weighted by Gasteiger charge is -2.15. The number of rotatable bonds is 3. The van der Waals surface area contributed by atoms with Gasteiger partial charge in [0.05, 0.1) is 12.1 Å². The van der Waals surface area contributed by atoms with Gasteiger partial charge in [-0.15, -0.1) is 0 Å². The van der Waals surface area contributed by atoms with Gasteiger partial charge in [-0.05, 0) is 25.0 Å². The Hall–Kier alpha value is -1.55. The Labute approximate surface area is 116 Å². The van der Waals surface area contributed by atoms with Crippen molar-refractivity contribution < 1.29 is 4.79 Å². The summed E-state index contributed by atoms with van der Waals surface area (Å²) in [5.74, 6) is 0.216. The number of nitrogens with zero attached hydrogens (tertiary/aromatic N) is 3. The van der Waals surface area contributed by atoms with Gasteiger partial charge in [0.2, 0.25) is 5.91 Å². The molecular weight excluding hydrogens is 262 g/mol. The first-order chi connectivity index (χ1) is 9.25. The Bertz CT molecular complexity index is 602. The molecule has 1 aliphatic rings. The molecule has 1 aromatic carbocycles. The summed E-state index contributed by atoms with van der Waals surface area (Å²) >= 11 is 6.09. The van der Waals surface area contributed by atoms with E-state index < -0.39 is 0 Å². The van der Waals surface area contributed by atoms with Gasteiger partial charge >= 0.3 is 0 Å². The van der Waals surface area contributed by atoms with E-state index in [-0.39, 0.29) is 5.91 Å². The molecule has 0 bridgehead atoms. The molecule has 0 N–H and O–H groups in total.